The van der Waals surface area contributed by atoms with Gasteiger partial charge in [-0.1, -0.05) is 0 Å². The van der Waals surface area contributed by atoms with Gasteiger partial charge in [-0.2, -0.15) is 13.2 Å². The number of hydrogen-bond acceptors (Lipinski definition) is 3. The van der Waals surface area contributed by atoms with Gasteiger partial charge in [0.2, 0.25) is 0 Å². The minimum absolute atomic E-state index is 0.0412. The highest BCUT2D eigenvalue weighted by molar-refractivity contribution is 5.68. The van der Waals surface area contributed by atoms with Crippen molar-refractivity contribution >= 4 is 6.09 Å². The zero-order valence-corrected chi connectivity index (χ0v) is 12.9. The number of nitrogens with zero attached hydrogens (tertiary/aromatic N) is 1. The molecule has 1 fully saturated rings. The van der Waals surface area contributed by atoms with E-state index in [4.69, 9.17) is 4.74 Å². The molecule has 1 aliphatic heterocycles. The average molecular weight is 310 g/mol. The molecule has 1 N–H and O–H groups in total. The van der Waals surface area contributed by atoms with Gasteiger partial charge in [0.25, 0.3) is 0 Å². The number of ether oxygens (including phenoxy) is 1. The Morgan fingerprint density at radius 3 is 2.57 bits per heavy atom. The van der Waals surface area contributed by atoms with E-state index < -0.39 is 18.2 Å². The number of halogens is 3. The molecule has 0 aromatic carbocycles. The number of rotatable bonds is 4. The summed E-state index contributed by atoms with van der Waals surface area (Å²) < 4.78 is 41.5. The first-order chi connectivity index (χ1) is 9.57. The van der Waals surface area contributed by atoms with Crippen molar-refractivity contribution in [2.75, 3.05) is 19.6 Å². The van der Waals surface area contributed by atoms with Crippen LogP contribution in [0.1, 0.15) is 46.5 Å². The third-order valence-corrected chi connectivity index (χ3v) is 3.14. The van der Waals surface area contributed by atoms with Gasteiger partial charge >= 0.3 is 12.3 Å². The Morgan fingerprint density at radius 2 is 2.00 bits per heavy atom. The second-order valence-electron chi connectivity index (χ2n) is 6.44. The first-order valence-electron chi connectivity index (χ1n) is 7.35. The van der Waals surface area contributed by atoms with E-state index in [2.05, 4.69) is 5.32 Å². The number of amides is 1. The molecule has 0 aromatic rings. The highest BCUT2D eigenvalue weighted by atomic mass is 19.4. The summed E-state index contributed by atoms with van der Waals surface area (Å²) in [5.41, 5.74) is -0.538. The molecule has 0 aromatic heterocycles. The van der Waals surface area contributed by atoms with Crippen LogP contribution < -0.4 is 5.32 Å². The third kappa shape index (κ3) is 8.14. The van der Waals surface area contributed by atoms with Crippen molar-refractivity contribution in [3.8, 4) is 0 Å². The predicted octanol–water partition coefficient (Wildman–Crippen LogP) is 3.32. The van der Waals surface area contributed by atoms with E-state index >= 15 is 0 Å². The van der Waals surface area contributed by atoms with Gasteiger partial charge < -0.3 is 15.0 Å². The van der Waals surface area contributed by atoms with Crippen LogP contribution in [0.5, 0.6) is 0 Å². The smallest absolute Gasteiger partial charge is 0.410 e. The molecule has 21 heavy (non-hydrogen) atoms. The second kappa shape index (κ2) is 7.33. The van der Waals surface area contributed by atoms with Crippen LogP contribution in [0.25, 0.3) is 0 Å². The van der Waals surface area contributed by atoms with E-state index in [-0.39, 0.29) is 18.6 Å². The molecule has 0 spiro atoms. The summed E-state index contributed by atoms with van der Waals surface area (Å²) in [5.74, 6) is 0. The van der Waals surface area contributed by atoms with Crippen molar-refractivity contribution in [3.63, 3.8) is 0 Å². The Hall–Kier alpha value is -0.980. The zero-order valence-electron chi connectivity index (χ0n) is 12.9. The first-order valence-corrected chi connectivity index (χ1v) is 7.35. The van der Waals surface area contributed by atoms with Crippen molar-refractivity contribution in [2.45, 2.75) is 64.3 Å². The van der Waals surface area contributed by atoms with Crippen molar-refractivity contribution < 1.29 is 22.7 Å². The number of carbonyl (C=O) groups excluding carboxylic acids is 1. The number of likely N-dealkylation sites (tertiary alicyclic amines) is 1. The fourth-order valence-electron chi connectivity index (χ4n) is 2.23. The minimum Gasteiger partial charge on any atom is -0.444 e. The molecule has 124 valence electrons. The van der Waals surface area contributed by atoms with Crippen molar-refractivity contribution in [1.82, 2.24) is 10.2 Å². The Kier molecular flexibility index (Phi) is 6.31. The van der Waals surface area contributed by atoms with Gasteiger partial charge in [-0.05, 0) is 46.6 Å². The summed E-state index contributed by atoms with van der Waals surface area (Å²) in [6, 6.07) is 0.0412. The largest absolute Gasteiger partial charge is 0.444 e. The van der Waals surface area contributed by atoms with Gasteiger partial charge in [0.05, 0.1) is 0 Å². The quantitative estimate of drug-likeness (QED) is 0.810. The summed E-state index contributed by atoms with van der Waals surface area (Å²) in [6.45, 7) is 6.86. The van der Waals surface area contributed by atoms with Gasteiger partial charge in [-0.3, -0.25) is 0 Å². The van der Waals surface area contributed by atoms with Crippen LogP contribution in [-0.2, 0) is 4.74 Å². The Morgan fingerprint density at radius 1 is 1.33 bits per heavy atom. The Bertz CT molecular complexity index is 340. The third-order valence-electron chi connectivity index (χ3n) is 3.14. The molecular formula is C14H25F3N2O2. The number of nitrogens with one attached hydrogen (secondary N) is 1. The first kappa shape index (κ1) is 18.1. The summed E-state index contributed by atoms with van der Waals surface area (Å²) in [5, 5.41) is 3.09. The molecule has 1 heterocycles. The van der Waals surface area contributed by atoms with Crippen molar-refractivity contribution in [3.05, 3.63) is 0 Å². The topological polar surface area (TPSA) is 41.6 Å². The van der Waals surface area contributed by atoms with Crippen LogP contribution in [0.4, 0.5) is 18.0 Å². The van der Waals surface area contributed by atoms with E-state index in [9.17, 15) is 18.0 Å². The summed E-state index contributed by atoms with van der Waals surface area (Å²) in [4.78, 5) is 13.6. The lowest BCUT2D eigenvalue weighted by Crippen LogP contribution is -2.49. The van der Waals surface area contributed by atoms with E-state index in [1.807, 2.05) is 20.8 Å². The lowest BCUT2D eigenvalue weighted by atomic mass is 10.1. The molecule has 7 heteroatoms. The number of hydrogen-bond donors (Lipinski definition) is 1. The van der Waals surface area contributed by atoms with E-state index in [0.717, 1.165) is 12.8 Å². The molecule has 1 atom stereocenters. The maximum Gasteiger partial charge on any atom is 0.410 e. The Labute approximate surface area is 124 Å². The number of piperidine rings is 1. The standard InChI is InChI=1S/C14H25F3N2O2/c1-13(2,3)21-12(20)19-9-4-6-11(10-19)18-8-5-7-14(15,16)17/h11,18H,4-10H2,1-3H3. The van der Waals surface area contributed by atoms with Gasteiger partial charge in [0.15, 0.2) is 0 Å². The average Bonchev–Trinajstić information content (AvgIpc) is 2.32. The zero-order chi connectivity index (χ0) is 16.1. The Balaban J connectivity index is 2.30. The van der Waals surface area contributed by atoms with Gasteiger partial charge in [-0.15, -0.1) is 0 Å². The predicted molar refractivity (Wildman–Crippen MR) is 74.1 cm³/mol. The molecule has 4 nitrogen and oxygen atoms in total. The SMILES string of the molecule is CC(C)(C)OC(=O)N1CCCC(NCCCC(F)(F)F)C1. The molecule has 0 bridgehead atoms. The monoisotopic (exact) mass is 310 g/mol. The van der Waals surface area contributed by atoms with Crippen LogP contribution in [0.15, 0.2) is 0 Å². The molecule has 0 radical (unpaired) electrons. The van der Waals surface area contributed by atoms with Crippen LogP contribution in [0, 0.1) is 0 Å². The van der Waals surface area contributed by atoms with Gasteiger partial charge in [0, 0.05) is 25.6 Å². The van der Waals surface area contributed by atoms with Crippen molar-refractivity contribution in [1.29, 1.82) is 0 Å². The van der Waals surface area contributed by atoms with Crippen LogP contribution in [0.3, 0.4) is 0 Å². The number of alkyl halides is 3. The highest BCUT2D eigenvalue weighted by Crippen LogP contribution is 2.21. The molecular weight excluding hydrogens is 285 g/mol. The summed E-state index contributed by atoms with van der Waals surface area (Å²) in [6.07, 6.45) is -3.47. The van der Waals surface area contributed by atoms with E-state index in [0.29, 0.717) is 19.6 Å². The van der Waals surface area contributed by atoms with Crippen LogP contribution in [0.2, 0.25) is 0 Å². The minimum atomic E-state index is -4.10. The second-order valence-corrected chi connectivity index (χ2v) is 6.44. The van der Waals surface area contributed by atoms with Crippen molar-refractivity contribution in [2.24, 2.45) is 0 Å². The molecule has 1 unspecified atom stereocenters. The lowest BCUT2D eigenvalue weighted by Gasteiger charge is -2.34. The summed E-state index contributed by atoms with van der Waals surface area (Å²) >= 11 is 0. The molecule has 0 saturated carbocycles. The normalized spacial score (nSPS) is 20.5. The fraction of sp³-hybridized carbons (Fsp3) is 0.929. The van der Waals surface area contributed by atoms with Gasteiger partial charge in [-0.25, -0.2) is 4.79 Å². The fourth-order valence-corrected chi connectivity index (χ4v) is 2.23. The molecule has 1 amide bonds. The van der Waals surface area contributed by atoms with Crippen LogP contribution >= 0.6 is 0 Å². The highest BCUT2D eigenvalue weighted by Gasteiger charge is 2.28. The molecule has 0 aliphatic carbocycles. The summed E-state index contributed by atoms with van der Waals surface area (Å²) in [7, 11) is 0. The molecule has 1 rings (SSSR count). The maximum absolute atomic E-state index is 12.0. The molecule has 1 aliphatic rings. The molecule has 1 saturated heterocycles. The van der Waals surface area contributed by atoms with E-state index in [1.54, 1.807) is 4.90 Å². The maximum atomic E-state index is 12.0. The van der Waals surface area contributed by atoms with Crippen LogP contribution in [-0.4, -0.2) is 48.4 Å². The number of carbonyl (C=O) groups is 1. The van der Waals surface area contributed by atoms with E-state index in [1.165, 1.54) is 0 Å². The lowest BCUT2D eigenvalue weighted by molar-refractivity contribution is -0.135. The van der Waals surface area contributed by atoms with Gasteiger partial charge in [0.1, 0.15) is 5.60 Å².